The van der Waals surface area contributed by atoms with Crippen molar-refractivity contribution in [2.75, 3.05) is 0 Å². The summed E-state index contributed by atoms with van der Waals surface area (Å²) in [5, 5.41) is 19.2. The highest BCUT2D eigenvalue weighted by Crippen LogP contribution is 2.39. The molecule has 3 aromatic heterocycles. The van der Waals surface area contributed by atoms with Crippen LogP contribution < -0.4 is 11.0 Å². The normalized spacial score (nSPS) is 13.9. The van der Waals surface area contributed by atoms with Crippen LogP contribution in [0.4, 0.5) is 64.1 Å². The first kappa shape index (κ1) is 31.8. The number of hydrogen-bond donors (Lipinski definition) is 0. The van der Waals surface area contributed by atoms with Gasteiger partial charge in [-0.05, 0) is 36.4 Å². The Morgan fingerprint density at radius 2 is 0.891 bits per heavy atom. The van der Waals surface area contributed by atoms with E-state index in [0.717, 1.165) is 24.3 Å². The Morgan fingerprint density at radius 1 is 0.543 bits per heavy atom. The van der Waals surface area contributed by atoms with Gasteiger partial charge in [0.25, 0.3) is 0 Å². The lowest BCUT2D eigenvalue weighted by Gasteiger charge is -2.18. The number of nitriles is 2. The summed E-state index contributed by atoms with van der Waals surface area (Å²) in [6, 6.07) is 7.58. The minimum atomic E-state index is -5.70. The van der Waals surface area contributed by atoms with Crippen molar-refractivity contribution in [3.63, 3.8) is 0 Å². The summed E-state index contributed by atoms with van der Waals surface area (Å²) >= 11 is 0. The Hall–Kier alpha value is -5.66. The summed E-state index contributed by atoms with van der Waals surface area (Å²) in [6.45, 7) is 0. The fourth-order valence-corrected chi connectivity index (χ4v) is 4.47. The van der Waals surface area contributed by atoms with Gasteiger partial charge in [0.05, 0.1) is 22.5 Å². The van der Waals surface area contributed by atoms with E-state index >= 15 is 0 Å². The number of fused-ring (bicyclic) bond motifs is 2. The number of hydrogen-bond acceptors (Lipinski definition) is 6. The molecule has 0 saturated carbocycles. The molecule has 3 heterocycles. The largest absolute Gasteiger partial charge is 0.434 e. The first-order valence-electron chi connectivity index (χ1n) is 12.0. The molecule has 0 fully saturated rings. The van der Waals surface area contributed by atoms with Gasteiger partial charge in [-0.1, -0.05) is 12.1 Å². The molecule has 5 aromatic rings. The number of rotatable bonds is 2. The third-order valence-electron chi connectivity index (χ3n) is 6.17. The highest BCUT2D eigenvalue weighted by Gasteiger charge is 2.46. The van der Waals surface area contributed by atoms with Gasteiger partial charge in [-0.2, -0.15) is 73.2 Å². The Labute approximate surface area is 245 Å². The highest BCUT2D eigenvalue weighted by molar-refractivity contribution is 5.67. The second-order valence-electron chi connectivity index (χ2n) is 9.12. The molecule has 0 atom stereocenters. The van der Waals surface area contributed by atoms with Crippen molar-refractivity contribution in [3.8, 4) is 12.1 Å². The van der Waals surface area contributed by atoms with Gasteiger partial charge in [0.1, 0.15) is 23.2 Å². The van der Waals surface area contributed by atoms with Crippen molar-refractivity contribution >= 4 is 22.4 Å². The lowest BCUT2D eigenvalue weighted by Crippen LogP contribution is -2.25. The van der Waals surface area contributed by atoms with E-state index in [0.29, 0.717) is 24.3 Å². The van der Waals surface area contributed by atoms with Crippen molar-refractivity contribution in [1.82, 2.24) is 18.8 Å². The zero-order chi connectivity index (χ0) is 34.0. The second kappa shape index (κ2) is 10.5. The molecule has 20 heteroatoms. The van der Waals surface area contributed by atoms with Crippen LogP contribution in [0.3, 0.4) is 0 Å². The third kappa shape index (κ3) is 5.53. The van der Waals surface area contributed by atoms with Crippen LogP contribution in [-0.2, 0) is 24.7 Å². The molecule has 2 aromatic carbocycles. The molecule has 8 nitrogen and oxygen atoms in total. The van der Waals surface area contributed by atoms with Crippen molar-refractivity contribution in [2.45, 2.75) is 24.7 Å². The summed E-state index contributed by atoms with van der Waals surface area (Å²) in [5.41, 5.74) is -14.1. The monoisotopic (exact) mass is 660 g/mol. The van der Waals surface area contributed by atoms with E-state index in [2.05, 4.69) is 20.0 Å². The Bertz CT molecular complexity index is 2080. The second-order valence-corrected chi connectivity index (χ2v) is 9.12. The minimum Gasteiger partial charge on any atom is -0.274 e. The first-order valence-corrected chi connectivity index (χ1v) is 12.0. The quantitative estimate of drug-likeness (QED) is 0.197. The Kier molecular flexibility index (Phi) is 7.22. The van der Waals surface area contributed by atoms with Gasteiger partial charge < -0.3 is 0 Å². The topological polar surface area (TPSA) is 107 Å². The molecule has 5 rings (SSSR count). The summed E-state index contributed by atoms with van der Waals surface area (Å²) in [7, 11) is 0. The molecule has 0 spiro atoms. The fourth-order valence-electron chi connectivity index (χ4n) is 4.47. The lowest BCUT2D eigenvalue weighted by molar-refractivity contribution is -0.145. The van der Waals surface area contributed by atoms with Gasteiger partial charge >= 0.3 is 24.7 Å². The van der Waals surface area contributed by atoms with Crippen LogP contribution >= 0.6 is 0 Å². The van der Waals surface area contributed by atoms with Crippen molar-refractivity contribution in [2.24, 2.45) is 9.98 Å². The van der Waals surface area contributed by atoms with Crippen LogP contribution in [0.1, 0.15) is 34.2 Å². The van der Waals surface area contributed by atoms with E-state index < -0.39 is 92.3 Å². The molecule has 0 aliphatic heterocycles. The molecule has 0 saturated heterocycles. The molecule has 0 radical (unpaired) electrons. The molecule has 0 N–H and O–H groups in total. The Morgan fingerprint density at radius 3 is 1.17 bits per heavy atom. The number of alkyl halides is 12. The molecule has 0 amide bonds. The van der Waals surface area contributed by atoms with E-state index in [1.54, 1.807) is 0 Å². The van der Waals surface area contributed by atoms with Gasteiger partial charge in [-0.25, -0.2) is 9.98 Å². The van der Waals surface area contributed by atoms with Gasteiger partial charge in [0, 0.05) is 0 Å². The highest BCUT2D eigenvalue weighted by atomic mass is 19.4. The zero-order valence-electron chi connectivity index (χ0n) is 21.7. The summed E-state index contributed by atoms with van der Waals surface area (Å²) in [6.07, 6.45) is -21.3. The van der Waals surface area contributed by atoms with Crippen molar-refractivity contribution < 1.29 is 52.7 Å². The average Bonchev–Trinajstić information content (AvgIpc) is 3.47. The van der Waals surface area contributed by atoms with Crippen LogP contribution in [0, 0.1) is 22.7 Å². The molecule has 0 aliphatic carbocycles. The summed E-state index contributed by atoms with van der Waals surface area (Å²) in [5.74, 6) is -2.74. The van der Waals surface area contributed by atoms with Crippen LogP contribution in [0.2, 0.25) is 0 Å². The Balaban J connectivity index is 2.05. The van der Waals surface area contributed by atoms with Gasteiger partial charge in [0.15, 0.2) is 22.4 Å². The van der Waals surface area contributed by atoms with Gasteiger partial charge in [-0.15, -0.1) is 0 Å². The van der Waals surface area contributed by atoms with Crippen molar-refractivity contribution in [1.29, 1.82) is 10.5 Å². The van der Waals surface area contributed by atoms with E-state index in [4.69, 9.17) is 0 Å². The number of imidazole rings is 2. The van der Waals surface area contributed by atoms with Gasteiger partial charge in [0.2, 0.25) is 11.6 Å². The molecule has 0 aliphatic rings. The van der Waals surface area contributed by atoms with Gasteiger partial charge in [-0.3, -0.25) is 8.80 Å². The van der Waals surface area contributed by atoms with Crippen LogP contribution in [0.5, 0.6) is 0 Å². The van der Waals surface area contributed by atoms with E-state index in [1.165, 1.54) is 12.1 Å². The number of aromatic nitrogens is 4. The number of nitrogens with zero attached hydrogens (tertiary/aromatic N) is 8. The lowest BCUT2D eigenvalue weighted by atomic mass is 10.2. The number of benzene rings is 2. The predicted octanol–water partition coefficient (Wildman–Crippen LogP) is 6.70. The summed E-state index contributed by atoms with van der Waals surface area (Å²) in [4.78, 5) is 14.0. The standard InChI is InChI=1S/C26H8F12N8/c27-23(28,29)11-3-1-5-13(7-11)41-21-17-19(25(33,34)35)46-16(10-40)44-22(42-14-6-2-4-12(8-14)24(30,31)32)18(46)20(26(36,37)38)45(17)15(9-39)43-21/h1-8H/b41-21-,42-22-. The SMILES string of the molecule is N#Cc1n/c(=N\c2cccc(C(F)(F)F)c2)c2c(C(F)(F)F)n3c(C#N)n/c(=N\c4cccc(C(F)(F)F)c4)c3c(C(F)(F)F)n12. The molecule has 0 unspecified atom stereocenters. The molecule has 0 bridgehead atoms. The molecular weight excluding hydrogens is 652 g/mol. The van der Waals surface area contributed by atoms with E-state index in [-0.39, 0.29) is 8.80 Å². The van der Waals surface area contributed by atoms with E-state index in [9.17, 15) is 63.2 Å². The van der Waals surface area contributed by atoms with Crippen LogP contribution in [0.15, 0.2) is 58.5 Å². The first-order chi connectivity index (χ1) is 21.3. The van der Waals surface area contributed by atoms with Crippen molar-refractivity contribution in [3.05, 3.63) is 93.7 Å². The fraction of sp³-hybridized carbons (Fsp3) is 0.154. The molecular formula is C26H8F12N8. The number of halogens is 12. The summed E-state index contributed by atoms with van der Waals surface area (Å²) < 4.78 is 167. The smallest absolute Gasteiger partial charge is 0.274 e. The molecule has 46 heavy (non-hydrogen) atoms. The maximum absolute atomic E-state index is 14.8. The maximum Gasteiger partial charge on any atom is 0.434 e. The molecule has 236 valence electrons. The van der Waals surface area contributed by atoms with Crippen LogP contribution in [-0.4, -0.2) is 18.8 Å². The third-order valence-corrected chi connectivity index (χ3v) is 6.17. The maximum atomic E-state index is 14.8. The minimum absolute atomic E-state index is 0.321. The average molecular weight is 660 g/mol. The zero-order valence-corrected chi connectivity index (χ0v) is 21.7. The predicted molar refractivity (Wildman–Crippen MR) is 128 cm³/mol. The van der Waals surface area contributed by atoms with E-state index in [1.807, 2.05) is 0 Å². The van der Waals surface area contributed by atoms with Crippen LogP contribution in [0.25, 0.3) is 11.0 Å².